The van der Waals surface area contributed by atoms with Crippen molar-refractivity contribution in [1.82, 2.24) is 4.57 Å². The molecule has 9 heteroatoms. The van der Waals surface area contributed by atoms with E-state index in [2.05, 4.69) is 4.99 Å². The zero-order chi connectivity index (χ0) is 19.4. The molecule has 27 heavy (non-hydrogen) atoms. The predicted octanol–water partition coefficient (Wildman–Crippen LogP) is 3.77. The van der Waals surface area contributed by atoms with E-state index in [0.717, 1.165) is 27.1 Å². The number of carbonyl (C=O) groups excluding carboxylic acids is 1. The number of amides is 1. The van der Waals surface area contributed by atoms with Gasteiger partial charge in [-0.25, -0.2) is 0 Å². The number of nitrogens with zero attached hydrogens (tertiary/aromatic N) is 3. The Morgan fingerprint density at radius 2 is 2.15 bits per heavy atom. The second kappa shape index (κ2) is 8.38. The molecule has 0 aliphatic rings. The number of thiophene rings is 1. The molecular formula is C18H17N3O4S2. The average molecular weight is 403 g/mol. The molecule has 7 nitrogen and oxygen atoms in total. The van der Waals surface area contributed by atoms with E-state index in [4.69, 9.17) is 4.74 Å². The van der Waals surface area contributed by atoms with Crippen LogP contribution in [0.4, 0.5) is 5.00 Å². The summed E-state index contributed by atoms with van der Waals surface area (Å²) in [7, 11) is 1.63. The first kappa shape index (κ1) is 19.2. The van der Waals surface area contributed by atoms with Crippen LogP contribution in [-0.2, 0) is 16.1 Å². The van der Waals surface area contributed by atoms with Crippen molar-refractivity contribution in [2.45, 2.75) is 13.5 Å². The van der Waals surface area contributed by atoms with Gasteiger partial charge in [0, 0.05) is 30.7 Å². The number of aromatic nitrogens is 1. The Labute approximate surface area is 163 Å². The number of methoxy groups -OCH3 is 1. The van der Waals surface area contributed by atoms with Crippen molar-refractivity contribution in [2.75, 3.05) is 13.7 Å². The minimum absolute atomic E-state index is 0.0384. The van der Waals surface area contributed by atoms with E-state index in [9.17, 15) is 14.9 Å². The molecule has 1 amide bonds. The Bertz CT molecular complexity index is 1090. The maximum absolute atomic E-state index is 12.3. The van der Waals surface area contributed by atoms with Crippen molar-refractivity contribution >= 4 is 49.9 Å². The van der Waals surface area contributed by atoms with Gasteiger partial charge in [0.15, 0.2) is 4.80 Å². The number of hydrogen-bond donors (Lipinski definition) is 0. The van der Waals surface area contributed by atoms with Gasteiger partial charge in [-0.15, -0.1) is 0 Å². The number of nitro groups is 1. The van der Waals surface area contributed by atoms with Crippen molar-refractivity contribution in [3.05, 3.63) is 61.8 Å². The SMILES string of the molecule is COCCn1c(=NC(=O)/C=C/c2ccc([N+](=O)[O-])s2)sc2cccc(C)c21. The third kappa shape index (κ3) is 4.38. The number of fused-ring (bicyclic) bond motifs is 1. The Morgan fingerprint density at radius 3 is 2.85 bits per heavy atom. The standard InChI is InChI=1S/C18H17N3O4S2/c1-12-4-3-5-14-17(12)20(10-11-25-2)18(27-14)19-15(22)8-6-13-7-9-16(26-13)21(23)24/h3-9H,10-11H2,1-2H3/b8-6+,19-18?. The summed E-state index contributed by atoms with van der Waals surface area (Å²) in [5.41, 5.74) is 2.15. The summed E-state index contributed by atoms with van der Waals surface area (Å²) in [4.78, 5) is 28.0. The van der Waals surface area contributed by atoms with Crippen LogP contribution in [-0.4, -0.2) is 29.1 Å². The van der Waals surface area contributed by atoms with Gasteiger partial charge in [0.25, 0.3) is 5.91 Å². The third-order valence-corrected chi connectivity index (χ3v) is 5.86. The summed E-state index contributed by atoms with van der Waals surface area (Å²) in [5.74, 6) is -0.415. The lowest BCUT2D eigenvalue weighted by atomic mass is 10.2. The maximum atomic E-state index is 12.3. The highest BCUT2D eigenvalue weighted by Crippen LogP contribution is 2.25. The zero-order valence-electron chi connectivity index (χ0n) is 14.7. The molecule has 3 aromatic rings. The second-order valence-corrected chi connectivity index (χ2v) is 7.77. The second-order valence-electron chi connectivity index (χ2n) is 5.67. The van der Waals surface area contributed by atoms with E-state index < -0.39 is 10.8 Å². The Hall–Kier alpha value is -2.62. The first-order valence-corrected chi connectivity index (χ1v) is 9.72. The van der Waals surface area contributed by atoms with Crippen molar-refractivity contribution in [1.29, 1.82) is 0 Å². The van der Waals surface area contributed by atoms with Gasteiger partial charge in [-0.2, -0.15) is 4.99 Å². The lowest BCUT2D eigenvalue weighted by molar-refractivity contribution is -0.380. The van der Waals surface area contributed by atoms with Gasteiger partial charge < -0.3 is 9.30 Å². The number of rotatable bonds is 6. The number of thiazole rings is 1. The first-order chi connectivity index (χ1) is 13.0. The number of carbonyl (C=O) groups is 1. The van der Waals surface area contributed by atoms with Gasteiger partial charge in [0.2, 0.25) is 0 Å². The third-order valence-electron chi connectivity index (χ3n) is 3.81. The summed E-state index contributed by atoms with van der Waals surface area (Å²) >= 11 is 2.46. The summed E-state index contributed by atoms with van der Waals surface area (Å²) in [6, 6.07) is 9.02. The molecule has 0 N–H and O–H groups in total. The Balaban J connectivity index is 1.93. The molecule has 0 bridgehead atoms. The summed E-state index contributed by atoms with van der Waals surface area (Å²) in [6.07, 6.45) is 2.87. The number of benzene rings is 1. The molecule has 0 saturated carbocycles. The highest BCUT2D eigenvalue weighted by molar-refractivity contribution is 7.16. The fourth-order valence-electron chi connectivity index (χ4n) is 2.60. The highest BCUT2D eigenvalue weighted by atomic mass is 32.1. The minimum Gasteiger partial charge on any atom is -0.383 e. The zero-order valence-corrected chi connectivity index (χ0v) is 16.4. The molecule has 0 unspecified atom stereocenters. The molecular weight excluding hydrogens is 386 g/mol. The molecule has 0 fully saturated rings. The van der Waals surface area contributed by atoms with Gasteiger partial charge >= 0.3 is 5.00 Å². The molecule has 2 heterocycles. The van der Waals surface area contributed by atoms with E-state index in [0.29, 0.717) is 22.8 Å². The molecule has 0 spiro atoms. The van der Waals surface area contributed by atoms with Crippen molar-refractivity contribution < 1.29 is 14.5 Å². The van der Waals surface area contributed by atoms with Gasteiger partial charge in [-0.3, -0.25) is 14.9 Å². The molecule has 0 atom stereocenters. The smallest absolute Gasteiger partial charge is 0.324 e. The van der Waals surface area contributed by atoms with E-state index in [-0.39, 0.29) is 5.00 Å². The van der Waals surface area contributed by atoms with Crippen molar-refractivity contribution in [2.24, 2.45) is 4.99 Å². The van der Waals surface area contributed by atoms with Crippen LogP contribution in [0.15, 0.2) is 41.4 Å². The van der Waals surface area contributed by atoms with Crippen LogP contribution < -0.4 is 4.80 Å². The van der Waals surface area contributed by atoms with Crippen LogP contribution in [0.1, 0.15) is 10.4 Å². The normalized spacial score (nSPS) is 12.3. The topological polar surface area (TPSA) is 86.7 Å². The van der Waals surface area contributed by atoms with Crippen LogP contribution in [0.2, 0.25) is 0 Å². The fraction of sp³-hybridized carbons (Fsp3) is 0.222. The molecule has 140 valence electrons. The van der Waals surface area contributed by atoms with E-state index in [1.54, 1.807) is 19.3 Å². The number of hydrogen-bond acceptors (Lipinski definition) is 6. The quantitative estimate of drug-likeness (QED) is 0.356. The molecule has 2 aromatic heterocycles. The summed E-state index contributed by atoms with van der Waals surface area (Å²) < 4.78 is 8.22. The molecule has 0 aliphatic heterocycles. The van der Waals surface area contributed by atoms with Crippen LogP contribution >= 0.6 is 22.7 Å². The number of aryl methyl sites for hydroxylation is 1. The van der Waals surface area contributed by atoms with Crippen molar-refractivity contribution in [3.63, 3.8) is 0 Å². The highest BCUT2D eigenvalue weighted by Gasteiger charge is 2.10. The van der Waals surface area contributed by atoms with Crippen LogP contribution in [0.5, 0.6) is 0 Å². The average Bonchev–Trinajstić information content (AvgIpc) is 3.23. The molecule has 1 aromatic carbocycles. The number of ether oxygens (including phenoxy) is 1. The molecule has 0 saturated heterocycles. The fourth-order valence-corrected chi connectivity index (χ4v) is 4.46. The lowest BCUT2D eigenvalue weighted by Crippen LogP contribution is -2.19. The lowest BCUT2D eigenvalue weighted by Gasteiger charge is -2.06. The van der Waals surface area contributed by atoms with E-state index >= 15 is 0 Å². The van der Waals surface area contributed by atoms with Gasteiger partial charge in [0.05, 0.1) is 21.7 Å². The van der Waals surface area contributed by atoms with Crippen molar-refractivity contribution in [3.8, 4) is 0 Å². The van der Waals surface area contributed by atoms with E-state index in [1.165, 1.54) is 23.5 Å². The Morgan fingerprint density at radius 1 is 1.33 bits per heavy atom. The van der Waals surface area contributed by atoms with E-state index in [1.807, 2.05) is 29.7 Å². The van der Waals surface area contributed by atoms with Gasteiger partial charge in [-0.1, -0.05) is 34.8 Å². The Kier molecular flexibility index (Phi) is 5.94. The van der Waals surface area contributed by atoms with Crippen LogP contribution in [0, 0.1) is 17.0 Å². The molecule has 0 aliphatic carbocycles. The minimum atomic E-state index is -0.452. The first-order valence-electron chi connectivity index (χ1n) is 8.08. The summed E-state index contributed by atoms with van der Waals surface area (Å²) in [6.45, 7) is 3.12. The maximum Gasteiger partial charge on any atom is 0.324 e. The van der Waals surface area contributed by atoms with Gasteiger partial charge in [0.1, 0.15) is 0 Å². The monoisotopic (exact) mass is 403 g/mol. The van der Waals surface area contributed by atoms with Crippen LogP contribution in [0.25, 0.3) is 16.3 Å². The predicted molar refractivity (Wildman–Crippen MR) is 107 cm³/mol. The summed E-state index contributed by atoms with van der Waals surface area (Å²) in [5, 5.41) is 10.8. The van der Waals surface area contributed by atoms with Gasteiger partial charge in [-0.05, 0) is 30.7 Å². The number of para-hydroxylation sites is 1. The molecule has 0 radical (unpaired) electrons. The van der Waals surface area contributed by atoms with Crippen LogP contribution in [0.3, 0.4) is 0 Å². The largest absolute Gasteiger partial charge is 0.383 e. The molecule has 3 rings (SSSR count).